The molecule has 2 aromatic rings. The number of carbonyl (C=O) groups is 1. The summed E-state index contributed by atoms with van der Waals surface area (Å²) in [5.41, 5.74) is -0.785. The van der Waals surface area contributed by atoms with E-state index in [0.29, 0.717) is 29.9 Å². The van der Waals surface area contributed by atoms with E-state index in [1.165, 1.54) is 23.5 Å². The zero-order chi connectivity index (χ0) is 22.4. The van der Waals surface area contributed by atoms with E-state index in [9.17, 15) is 23.3 Å². The fourth-order valence-corrected chi connectivity index (χ4v) is 5.60. The minimum absolute atomic E-state index is 0.0615. The van der Waals surface area contributed by atoms with Crippen molar-refractivity contribution in [3.05, 3.63) is 57.1 Å². The second-order valence-corrected chi connectivity index (χ2v) is 9.87. The minimum atomic E-state index is -3.97. The first kappa shape index (κ1) is 21.5. The number of hydrogen-bond acceptors (Lipinski definition) is 7. The number of piperidine rings is 1. The Morgan fingerprint density at radius 2 is 1.90 bits per heavy atom. The van der Waals surface area contributed by atoms with E-state index in [-0.39, 0.29) is 35.2 Å². The zero-order valence-electron chi connectivity index (χ0n) is 16.5. The van der Waals surface area contributed by atoms with Gasteiger partial charge in [-0.1, -0.05) is 11.6 Å². The highest BCUT2D eigenvalue weighted by atomic mass is 35.5. The van der Waals surface area contributed by atoms with Crippen LogP contribution in [0.5, 0.6) is 11.5 Å². The molecule has 1 fully saturated rings. The minimum Gasteiger partial charge on any atom is -0.497 e. The van der Waals surface area contributed by atoms with Crippen molar-refractivity contribution in [3.63, 3.8) is 0 Å². The van der Waals surface area contributed by atoms with Gasteiger partial charge in [-0.25, -0.2) is 8.42 Å². The standard InChI is InChI=1S/C20H19ClN2O7S/c1-29-13-2-4-15-18(24)12-20(30-19(15)10-13)6-8-22(9-7-20)31(27,28)14-3-5-16(21)17(11-14)23(25)26/h2-5,10-11H,6-9,12H2,1H3. The Morgan fingerprint density at radius 3 is 2.55 bits per heavy atom. The Hall–Kier alpha value is -2.69. The molecule has 9 nitrogen and oxygen atoms in total. The Bertz CT molecular complexity index is 1170. The number of rotatable bonds is 4. The molecular formula is C20H19ClN2O7S. The van der Waals surface area contributed by atoms with Gasteiger partial charge in [-0.05, 0) is 24.3 Å². The Kier molecular flexibility index (Phi) is 5.40. The van der Waals surface area contributed by atoms with Crippen molar-refractivity contribution in [2.75, 3.05) is 20.2 Å². The molecule has 0 aliphatic carbocycles. The van der Waals surface area contributed by atoms with E-state index >= 15 is 0 Å². The van der Waals surface area contributed by atoms with Crippen LogP contribution in [-0.4, -0.2) is 49.2 Å². The lowest BCUT2D eigenvalue weighted by Gasteiger charge is -2.43. The van der Waals surface area contributed by atoms with Crippen LogP contribution in [0.3, 0.4) is 0 Å². The molecule has 0 atom stereocenters. The van der Waals surface area contributed by atoms with Crippen molar-refractivity contribution in [2.45, 2.75) is 29.8 Å². The van der Waals surface area contributed by atoms with Crippen LogP contribution in [0.25, 0.3) is 0 Å². The normalized spacial score (nSPS) is 18.3. The van der Waals surface area contributed by atoms with Crippen LogP contribution in [0.4, 0.5) is 5.69 Å². The topological polar surface area (TPSA) is 116 Å². The average Bonchev–Trinajstić information content (AvgIpc) is 2.73. The predicted octanol–water partition coefficient (Wildman–Crippen LogP) is 3.45. The number of hydrogen-bond donors (Lipinski definition) is 0. The monoisotopic (exact) mass is 466 g/mol. The van der Waals surface area contributed by atoms with Crippen molar-refractivity contribution in [3.8, 4) is 11.5 Å². The number of methoxy groups -OCH3 is 1. The number of halogens is 1. The number of carbonyl (C=O) groups excluding carboxylic acids is 1. The summed E-state index contributed by atoms with van der Waals surface area (Å²) in [6.45, 7) is 0.233. The molecule has 0 saturated carbocycles. The maximum absolute atomic E-state index is 13.0. The number of nitro groups is 1. The molecule has 11 heteroatoms. The van der Waals surface area contributed by atoms with Gasteiger partial charge < -0.3 is 9.47 Å². The Labute approximate surface area is 183 Å². The molecule has 1 spiro atoms. The maximum Gasteiger partial charge on any atom is 0.289 e. The zero-order valence-corrected chi connectivity index (χ0v) is 18.1. The van der Waals surface area contributed by atoms with E-state index in [0.717, 1.165) is 6.07 Å². The van der Waals surface area contributed by atoms with Gasteiger partial charge in [0.25, 0.3) is 5.69 Å². The highest BCUT2D eigenvalue weighted by Crippen LogP contribution is 2.41. The summed E-state index contributed by atoms with van der Waals surface area (Å²) in [6.07, 6.45) is 0.779. The molecule has 164 valence electrons. The van der Waals surface area contributed by atoms with Gasteiger partial charge in [-0.2, -0.15) is 4.31 Å². The lowest BCUT2D eigenvalue weighted by Crippen LogP contribution is -2.52. The van der Waals surface area contributed by atoms with E-state index in [1.807, 2.05) is 0 Å². The van der Waals surface area contributed by atoms with E-state index in [1.54, 1.807) is 18.2 Å². The van der Waals surface area contributed by atoms with Gasteiger partial charge in [0.1, 0.15) is 22.1 Å². The second kappa shape index (κ2) is 7.77. The van der Waals surface area contributed by atoms with Crippen LogP contribution >= 0.6 is 11.6 Å². The number of benzene rings is 2. The van der Waals surface area contributed by atoms with Gasteiger partial charge in [0, 0.05) is 38.1 Å². The molecule has 0 aromatic heterocycles. The lowest BCUT2D eigenvalue weighted by atomic mass is 9.83. The first-order valence-electron chi connectivity index (χ1n) is 9.50. The fourth-order valence-electron chi connectivity index (χ4n) is 3.96. The quantitative estimate of drug-likeness (QED) is 0.500. The highest BCUT2D eigenvalue weighted by Gasteiger charge is 2.45. The van der Waals surface area contributed by atoms with Gasteiger partial charge in [-0.15, -0.1) is 0 Å². The number of sulfonamides is 1. The average molecular weight is 467 g/mol. The third-order valence-electron chi connectivity index (χ3n) is 5.68. The van der Waals surface area contributed by atoms with Gasteiger partial charge in [0.2, 0.25) is 10.0 Å². The second-order valence-electron chi connectivity index (χ2n) is 7.52. The number of Topliss-reactive ketones (excluding diaryl/α,β-unsaturated/α-hetero) is 1. The summed E-state index contributed by atoms with van der Waals surface area (Å²) in [4.78, 5) is 22.9. The summed E-state index contributed by atoms with van der Waals surface area (Å²) in [6, 6.07) is 8.42. The van der Waals surface area contributed by atoms with Gasteiger partial charge >= 0.3 is 0 Å². The van der Waals surface area contributed by atoms with Crippen LogP contribution in [0.2, 0.25) is 5.02 Å². The van der Waals surface area contributed by atoms with Crippen molar-refractivity contribution in [1.82, 2.24) is 4.31 Å². The van der Waals surface area contributed by atoms with Crippen LogP contribution < -0.4 is 9.47 Å². The Morgan fingerprint density at radius 1 is 1.19 bits per heavy atom. The van der Waals surface area contributed by atoms with Crippen LogP contribution in [0.15, 0.2) is 41.3 Å². The molecule has 0 N–H and O–H groups in total. The number of ketones is 1. The number of nitrogens with zero attached hydrogens (tertiary/aromatic N) is 2. The number of fused-ring (bicyclic) bond motifs is 1. The van der Waals surface area contributed by atoms with Gasteiger partial charge in [-0.3, -0.25) is 14.9 Å². The molecule has 0 unspecified atom stereocenters. The van der Waals surface area contributed by atoms with Crippen molar-refractivity contribution < 1.29 is 27.6 Å². The largest absolute Gasteiger partial charge is 0.497 e. The smallest absolute Gasteiger partial charge is 0.289 e. The molecule has 0 bridgehead atoms. The van der Waals surface area contributed by atoms with Crippen LogP contribution in [-0.2, 0) is 10.0 Å². The summed E-state index contributed by atoms with van der Waals surface area (Å²) in [5, 5.41) is 11.0. The van der Waals surface area contributed by atoms with Crippen LogP contribution in [0.1, 0.15) is 29.6 Å². The summed E-state index contributed by atoms with van der Waals surface area (Å²) < 4.78 is 38.7. The van der Waals surface area contributed by atoms with E-state index < -0.39 is 26.2 Å². The SMILES string of the molecule is COc1ccc2c(c1)OC1(CCN(S(=O)(=O)c3ccc(Cl)c([N+](=O)[O-])c3)CC1)CC2=O. The highest BCUT2D eigenvalue weighted by molar-refractivity contribution is 7.89. The molecule has 2 heterocycles. The molecular weight excluding hydrogens is 448 g/mol. The molecule has 2 aliphatic heterocycles. The molecule has 1 saturated heterocycles. The molecule has 2 aromatic carbocycles. The van der Waals surface area contributed by atoms with Crippen molar-refractivity contribution in [2.24, 2.45) is 0 Å². The summed E-state index contributed by atoms with van der Waals surface area (Å²) in [5.74, 6) is 0.932. The predicted molar refractivity (Wildman–Crippen MR) is 111 cm³/mol. The van der Waals surface area contributed by atoms with Crippen LogP contribution in [0, 0.1) is 10.1 Å². The lowest BCUT2D eigenvalue weighted by molar-refractivity contribution is -0.384. The van der Waals surface area contributed by atoms with E-state index in [2.05, 4.69) is 0 Å². The summed E-state index contributed by atoms with van der Waals surface area (Å²) >= 11 is 5.79. The first-order chi connectivity index (χ1) is 14.6. The van der Waals surface area contributed by atoms with Crippen molar-refractivity contribution >= 4 is 33.1 Å². The molecule has 4 rings (SSSR count). The van der Waals surface area contributed by atoms with Crippen molar-refractivity contribution in [1.29, 1.82) is 0 Å². The first-order valence-corrected chi connectivity index (χ1v) is 11.3. The third kappa shape index (κ3) is 3.86. The molecule has 0 radical (unpaired) electrons. The maximum atomic E-state index is 13.0. The number of ether oxygens (including phenoxy) is 2. The fraction of sp³-hybridized carbons (Fsp3) is 0.350. The molecule has 0 amide bonds. The third-order valence-corrected chi connectivity index (χ3v) is 7.90. The van der Waals surface area contributed by atoms with Gasteiger partial charge in [0.05, 0.1) is 28.9 Å². The van der Waals surface area contributed by atoms with Gasteiger partial charge in [0.15, 0.2) is 5.78 Å². The molecule has 31 heavy (non-hydrogen) atoms. The number of nitro benzene ring substituents is 1. The van der Waals surface area contributed by atoms with E-state index in [4.69, 9.17) is 21.1 Å². The summed E-state index contributed by atoms with van der Waals surface area (Å²) in [7, 11) is -2.44. The molecule has 2 aliphatic rings. The Balaban J connectivity index is 1.55.